The van der Waals surface area contributed by atoms with Gasteiger partial charge in [0.05, 0.1) is 0 Å². The topological polar surface area (TPSA) is 9.23 Å². The molecule has 0 aromatic carbocycles. The van der Waals surface area contributed by atoms with Gasteiger partial charge in [0.1, 0.15) is 0 Å². The van der Waals surface area contributed by atoms with Crippen LogP contribution in [0.25, 0.3) is 0 Å². The first-order valence-corrected chi connectivity index (χ1v) is 6.98. The Hall–Kier alpha value is 0.250. The van der Waals surface area contributed by atoms with Crippen LogP contribution in [0.15, 0.2) is 0 Å². The lowest BCUT2D eigenvalue weighted by atomic mass is 9.71. The lowest BCUT2D eigenvalue weighted by Crippen LogP contribution is -2.30. The third-order valence-electron chi connectivity index (χ3n) is 4.54. The number of halogens is 1. The summed E-state index contributed by atoms with van der Waals surface area (Å²) in [6.45, 7) is 3.83. The SMILES string of the molecule is CCOCCCC1(CCl)CC2CCC1C2. The zero-order valence-electron chi connectivity index (χ0n) is 9.80. The van der Waals surface area contributed by atoms with Crippen LogP contribution >= 0.6 is 11.6 Å². The molecule has 2 saturated carbocycles. The van der Waals surface area contributed by atoms with Gasteiger partial charge in [-0.2, -0.15) is 0 Å². The molecule has 2 aliphatic rings. The first kappa shape index (κ1) is 11.7. The van der Waals surface area contributed by atoms with E-state index in [2.05, 4.69) is 6.92 Å². The van der Waals surface area contributed by atoms with Gasteiger partial charge in [0.2, 0.25) is 0 Å². The van der Waals surface area contributed by atoms with Crippen molar-refractivity contribution in [1.29, 1.82) is 0 Å². The van der Waals surface area contributed by atoms with Crippen molar-refractivity contribution in [2.45, 2.75) is 45.4 Å². The molecule has 3 unspecified atom stereocenters. The van der Waals surface area contributed by atoms with Crippen LogP contribution < -0.4 is 0 Å². The molecule has 88 valence electrons. The van der Waals surface area contributed by atoms with E-state index in [1.165, 1.54) is 38.5 Å². The molecule has 2 fully saturated rings. The molecule has 0 aliphatic heterocycles. The molecule has 0 aromatic rings. The van der Waals surface area contributed by atoms with E-state index in [0.717, 1.165) is 30.9 Å². The van der Waals surface area contributed by atoms with Gasteiger partial charge in [0.15, 0.2) is 0 Å². The van der Waals surface area contributed by atoms with Gasteiger partial charge in [-0.25, -0.2) is 0 Å². The van der Waals surface area contributed by atoms with Gasteiger partial charge in [-0.3, -0.25) is 0 Å². The maximum atomic E-state index is 6.23. The quantitative estimate of drug-likeness (QED) is 0.498. The molecule has 0 heterocycles. The molecule has 0 saturated heterocycles. The van der Waals surface area contributed by atoms with Crippen LogP contribution in [0.1, 0.15) is 45.4 Å². The Morgan fingerprint density at radius 2 is 2.27 bits per heavy atom. The van der Waals surface area contributed by atoms with Crippen molar-refractivity contribution in [3.05, 3.63) is 0 Å². The van der Waals surface area contributed by atoms with Crippen molar-refractivity contribution in [2.24, 2.45) is 17.3 Å². The number of hydrogen-bond donors (Lipinski definition) is 0. The van der Waals surface area contributed by atoms with Crippen molar-refractivity contribution >= 4 is 11.6 Å². The van der Waals surface area contributed by atoms with Crippen LogP contribution in [-0.4, -0.2) is 19.1 Å². The van der Waals surface area contributed by atoms with E-state index in [4.69, 9.17) is 16.3 Å². The van der Waals surface area contributed by atoms with Crippen LogP contribution in [0.5, 0.6) is 0 Å². The number of ether oxygens (including phenoxy) is 1. The highest BCUT2D eigenvalue weighted by Gasteiger charge is 2.49. The molecule has 3 atom stereocenters. The maximum absolute atomic E-state index is 6.23. The van der Waals surface area contributed by atoms with Gasteiger partial charge in [-0.05, 0) is 56.3 Å². The normalized spacial score (nSPS) is 38.8. The van der Waals surface area contributed by atoms with Crippen LogP contribution in [0.2, 0.25) is 0 Å². The fraction of sp³-hybridized carbons (Fsp3) is 1.00. The van der Waals surface area contributed by atoms with Gasteiger partial charge in [0, 0.05) is 19.1 Å². The molecule has 2 bridgehead atoms. The number of hydrogen-bond acceptors (Lipinski definition) is 1. The minimum atomic E-state index is 0.488. The standard InChI is InChI=1S/C13H23ClO/c1-2-15-7-3-6-13(10-14)9-11-4-5-12(13)8-11/h11-12H,2-10H2,1H3. The van der Waals surface area contributed by atoms with Crippen LogP contribution in [0.4, 0.5) is 0 Å². The Balaban J connectivity index is 1.81. The van der Waals surface area contributed by atoms with Gasteiger partial charge in [0.25, 0.3) is 0 Å². The summed E-state index contributed by atoms with van der Waals surface area (Å²) in [5.41, 5.74) is 0.488. The summed E-state index contributed by atoms with van der Waals surface area (Å²) < 4.78 is 5.42. The minimum absolute atomic E-state index is 0.488. The van der Waals surface area contributed by atoms with Crippen molar-refractivity contribution in [2.75, 3.05) is 19.1 Å². The van der Waals surface area contributed by atoms with Crippen molar-refractivity contribution in [1.82, 2.24) is 0 Å². The van der Waals surface area contributed by atoms with Gasteiger partial charge >= 0.3 is 0 Å². The van der Waals surface area contributed by atoms with Crippen molar-refractivity contribution in [3.8, 4) is 0 Å². The molecule has 2 rings (SSSR count). The maximum Gasteiger partial charge on any atom is 0.0466 e. The summed E-state index contributed by atoms with van der Waals surface area (Å²) in [4.78, 5) is 0. The highest BCUT2D eigenvalue weighted by Crippen LogP contribution is 2.58. The van der Waals surface area contributed by atoms with E-state index in [1.54, 1.807) is 0 Å². The Bertz CT molecular complexity index is 207. The van der Waals surface area contributed by atoms with Gasteiger partial charge < -0.3 is 4.74 Å². The predicted octanol–water partition coefficient (Wildman–Crippen LogP) is 3.85. The molecule has 0 N–H and O–H groups in total. The largest absolute Gasteiger partial charge is 0.382 e. The zero-order chi connectivity index (χ0) is 10.7. The summed E-state index contributed by atoms with van der Waals surface area (Å²) in [5, 5.41) is 0. The Morgan fingerprint density at radius 1 is 1.40 bits per heavy atom. The molecule has 15 heavy (non-hydrogen) atoms. The number of alkyl halides is 1. The molecule has 0 aromatic heterocycles. The smallest absolute Gasteiger partial charge is 0.0466 e. The Labute approximate surface area is 98.5 Å². The highest BCUT2D eigenvalue weighted by atomic mass is 35.5. The first-order chi connectivity index (χ1) is 7.30. The second kappa shape index (κ2) is 5.05. The van der Waals surface area contributed by atoms with E-state index in [-0.39, 0.29) is 0 Å². The van der Waals surface area contributed by atoms with Crippen molar-refractivity contribution in [3.63, 3.8) is 0 Å². The summed E-state index contributed by atoms with van der Waals surface area (Å²) >= 11 is 6.23. The van der Waals surface area contributed by atoms with Crippen LogP contribution in [-0.2, 0) is 4.74 Å². The fourth-order valence-corrected chi connectivity index (χ4v) is 4.23. The van der Waals surface area contributed by atoms with Gasteiger partial charge in [-0.15, -0.1) is 11.6 Å². The molecule has 0 radical (unpaired) electrons. The van der Waals surface area contributed by atoms with Crippen molar-refractivity contribution < 1.29 is 4.74 Å². The molecular formula is C13H23ClO. The summed E-state index contributed by atoms with van der Waals surface area (Å²) in [5.74, 6) is 2.81. The summed E-state index contributed by atoms with van der Waals surface area (Å²) in [6.07, 6.45) is 8.25. The van der Waals surface area contributed by atoms with E-state index in [1.807, 2.05) is 0 Å². The molecule has 2 aliphatic carbocycles. The summed E-state index contributed by atoms with van der Waals surface area (Å²) in [7, 11) is 0. The Morgan fingerprint density at radius 3 is 2.80 bits per heavy atom. The number of fused-ring (bicyclic) bond motifs is 2. The molecular weight excluding hydrogens is 208 g/mol. The van der Waals surface area contributed by atoms with Gasteiger partial charge in [-0.1, -0.05) is 6.42 Å². The van der Waals surface area contributed by atoms with E-state index >= 15 is 0 Å². The summed E-state index contributed by atoms with van der Waals surface area (Å²) in [6, 6.07) is 0. The second-order valence-corrected chi connectivity index (χ2v) is 5.64. The Kier molecular flexibility index (Phi) is 3.95. The zero-order valence-corrected chi connectivity index (χ0v) is 10.6. The lowest BCUT2D eigenvalue weighted by molar-refractivity contribution is 0.112. The van der Waals surface area contributed by atoms with Crippen LogP contribution in [0.3, 0.4) is 0 Å². The highest BCUT2D eigenvalue weighted by molar-refractivity contribution is 6.18. The fourth-order valence-electron chi connectivity index (χ4n) is 3.77. The molecule has 1 nitrogen and oxygen atoms in total. The van der Waals surface area contributed by atoms with Crippen LogP contribution in [0, 0.1) is 17.3 Å². The lowest BCUT2D eigenvalue weighted by Gasteiger charge is -2.36. The average Bonchev–Trinajstić information content (AvgIpc) is 2.85. The third kappa shape index (κ3) is 2.34. The predicted molar refractivity (Wildman–Crippen MR) is 64.3 cm³/mol. The average molecular weight is 231 g/mol. The van der Waals surface area contributed by atoms with E-state index < -0.39 is 0 Å². The van der Waals surface area contributed by atoms with E-state index in [0.29, 0.717) is 5.41 Å². The van der Waals surface area contributed by atoms with E-state index in [9.17, 15) is 0 Å². The molecule has 0 spiro atoms. The molecule has 0 amide bonds. The second-order valence-electron chi connectivity index (χ2n) is 5.38. The minimum Gasteiger partial charge on any atom is -0.382 e. The third-order valence-corrected chi connectivity index (χ3v) is 5.07. The first-order valence-electron chi connectivity index (χ1n) is 6.44. The number of rotatable bonds is 6. The monoisotopic (exact) mass is 230 g/mol. The molecule has 2 heteroatoms.